The molecule has 0 bridgehead atoms. The third-order valence-electron chi connectivity index (χ3n) is 6.34. The van der Waals surface area contributed by atoms with Crippen molar-refractivity contribution in [3.63, 3.8) is 0 Å². The molecule has 0 spiro atoms. The van der Waals surface area contributed by atoms with Crippen LogP contribution in [0.15, 0.2) is 95.9 Å². The van der Waals surface area contributed by atoms with Crippen LogP contribution in [0.2, 0.25) is 0 Å². The minimum Gasteiger partial charge on any atom is -0.354 e. The highest BCUT2D eigenvalue weighted by Gasteiger charge is 2.28. The van der Waals surface area contributed by atoms with Gasteiger partial charge in [-0.2, -0.15) is 0 Å². The number of rotatable bonds is 9. The highest BCUT2D eigenvalue weighted by Crippen LogP contribution is 2.27. The summed E-state index contributed by atoms with van der Waals surface area (Å²) in [5.74, 6) is -0.153. The maximum atomic E-state index is 13.6. The van der Waals surface area contributed by atoms with Gasteiger partial charge in [-0.05, 0) is 66.3 Å². The van der Waals surface area contributed by atoms with Crippen LogP contribution in [0, 0.1) is 19.8 Å². The number of anilines is 1. The van der Waals surface area contributed by atoms with Gasteiger partial charge in [-0.1, -0.05) is 85.3 Å². The van der Waals surface area contributed by atoms with Crippen molar-refractivity contribution in [2.75, 3.05) is 17.4 Å². The number of amides is 1. The number of hydrogen-bond donors (Lipinski definition) is 1. The Morgan fingerprint density at radius 1 is 0.889 bits per heavy atom. The predicted molar refractivity (Wildman–Crippen MR) is 147 cm³/mol. The first-order chi connectivity index (χ1) is 17.3. The van der Waals surface area contributed by atoms with E-state index in [0.29, 0.717) is 12.2 Å². The normalized spacial score (nSPS) is 12.3. The van der Waals surface area contributed by atoms with E-state index in [1.165, 1.54) is 20.6 Å². The van der Waals surface area contributed by atoms with Gasteiger partial charge in [-0.3, -0.25) is 9.10 Å². The van der Waals surface area contributed by atoms with Crippen molar-refractivity contribution in [3.05, 3.63) is 108 Å². The summed E-state index contributed by atoms with van der Waals surface area (Å²) in [5, 5.41) is 5.37. The van der Waals surface area contributed by atoms with Crippen LogP contribution >= 0.6 is 0 Å². The second-order valence-corrected chi connectivity index (χ2v) is 11.2. The lowest BCUT2D eigenvalue weighted by molar-refractivity contribution is -0.119. The summed E-state index contributed by atoms with van der Waals surface area (Å²) in [4.78, 5) is 13.2. The van der Waals surface area contributed by atoms with Gasteiger partial charge >= 0.3 is 0 Å². The molecule has 0 aliphatic carbocycles. The number of fused-ring (bicyclic) bond motifs is 1. The van der Waals surface area contributed by atoms with Gasteiger partial charge in [0.1, 0.15) is 6.54 Å². The zero-order valence-corrected chi connectivity index (χ0v) is 21.8. The molecule has 4 aromatic rings. The summed E-state index contributed by atoms with van der Waals surface area (Å²) in [6.07, 6.45) is 0.810. The van der Waals surface area contributed by atoms with E-state index in [4.69, 9.17) is 0 Å². The maximum absolute atomic E-state index is 13.6. The molecule has 0 saturated carbocycles. The monoisotopic (exact) mass is 500 g/mol. The first-order valence-corrected chi connectivity index (χ1v) is 13.6. The van der Waals surface area contributed by atoms with Crippen LogP contribution in [0.3, 0.4) is 0 Å². The maximum Gasteiger partial charge on any atom is 0.264 e. The molecule has 1 atom stereocenters. The molecule has 1 unspecified atom stereocenters. The number of carbonyl (C=O) groups is 1. The Balaban J connectivity index is 1.50. The lowest BCUT2D eigenvalue weighted by atomic mass is 9.96. The highest BCUT2D eigenvalue weighted by molar-refractivity contribution is 7.92. The molecule has 0 aliphatic heterocycles. The van der Waals surface area contributed by atoms with Crippen molar-refractivity contribution in [1.29, 1.82) is 0 Å². The summed E-state index contributed by atoms with van der Waals surface area (Å²) in [5.41, 5.74) is 3.56. The molecule has 5 nitrogen and oxygen atoms in total. The lowest BCUT2D eigenvalue weighted by Crippen LogP contribution is -2.42. The van der Waals surface area contributed by atoms with E-state index < -0.39 is 10.0 Å². The Morgan fingerprint density at radius 2 is 1.58 bits per heavy atom. The average Bonchev–Trinajstić information content (AvgIpc) is 2.87. The van der Waals surface area contributed by atoms with Crippen LogP contribution in [-0.2, 0) is 21.2 Å². The fourth-order valence-corrected chi connectivity index (χ4v) is 6.00. The summed E-state index contributed by atoms with van der Waals surface area (Å²) in [6, 6.07) is 28.3. The third-order valence-corrected chi connectivity index (χ3v) is 8.11. The van der Waals surface area contributed by atoms with Crippen LogP contribution in [0.4, 0.5) is 5.69 Å². The fourth-order valence-electron chi connectivity index (χ4n) is 4.50. The molecule has 0 heterocycles. The molecule has 4 rings (SSSR count). The second kappa shape index (κ2) is 11.0. The van der Waals surface area contributed by atoms with E-state index in [-0.39, 0.29) is 23.3 Å². The van der Waals surface area contributed by atoms with Crippen molar-refractivity contribution in [3.8, 4) is 0 Å². The Morgan fingerprint density at radius 3 is 2.33 bits per heavy atom. The molecule has 36 heavy (non-hydrogen) atoms. The number of nitrogens with one attached hydrogen (secondary N) is 1. The van der Waals surface area contributed by atoms with Crippen molar-refractivity contribution < 1.29 is 13.2 Å². The first-order valence-electron chi connectivity index (χ1n) is 12.1. The molecule has 1 amide bonds. The van der Waals surface area contributed by atoms with E-state index in [1.54, 1.807) is 36.4 Å². The van der Waals surface area contributed by atoms with Crippen molar-refractivity contribution >= 4 is 32.4 Å². The summed E-state index contributed by atoms with van der Waals surface area (Å²) in [7, 11) is -3.92. The number of nitrogens with zero attached hydrogens (tertiary/aromatic N) is 1. The van der Waals surface area contributed by atoms with Crippen LogP contribution in [0.1, 0.15) is 23.6 Å². The lowest BCUT2D eigenvalue weighted by Gasteiger charge is -2.26. The molecule has 0 aliphatic rings. The summed E-state index contributed by atoms with van der Waals surface area (Å²) >= 11 is 0. The molecule has 1 N–H and O–H groups in total. The predicted octanol–water partition coefficient (Wildman–Crippen LogP) is 5.65. The number of aryl methyl sites for hydroxylation is 2. The van der Waals surface area contributed by atoms with Crippen molar-refractivity contribution in [2.24, 2.45) is 5.92 Å². The standard InChI is InChI=1S/C30H32N2O3S/c1-22-16-17-29(24(3)18-22)32(36(34,35)27-13-5-4-6-14-27)21-30(33)31-20-23(2)19-26-12-9-11-25-10-7-8-15-28(25)26/h4-18,23H,19-21H2,1-3H3,(H,31,33). The second-order valence-electron chi connectivity index (χ2n) is 9.37. The van der Waals surface area contributed by atoms with Crippen LogP contribution in [0.25, 0.3) is 10.8 Å². The van der Waals surface area contributed by atoms with E-state index in [9.17, 15) is 13.2 Å². The van der Waals surface area contributed by atoms with E-state index in [0.717, 1.165) is 17.5 Å². The molecule has 186 valence electrons. The molecular weight excluding hydrogens is 468 g/mol. The zero-order valence-electron chi connectivity index (χ0n) is 20.9. The zero-order chi connectivity index (χ0) is 25.7. The van der Waals surface area contributed by atoms with Gasteiger partial charge in [0.05, 0.1) is 10.6 Å². The van der Waals surface area contributed by atoms with Crippen LogP contribution < -0.4 is 9.62 Å². The molecule has 4 aromatic carbocycles. The number of hydrogen-bond acceptors (Lipinski definition) is 3. The molecule has 0 fully saturated rings. The smallest absolute Gasteiger partial charge is 0.264 e. The topological polar surface area (TPSA) is 66.5 Å². The summed E-state index contributed by atoms with van der Waals surface area (Å²) in [6.45, 7) is 6.07. The van der Waals surface area contributed by atoms with Crippen molar-refractivity contribution in [2.45, 2.75) is 32.1 Å². The number of sulfonamides is 1. The minimum absolute atomic E-state index is 0.155. The average molecular weight is 501 g/mol. The van der Waals surface area contributed by atoms with E-state index in [1.807, 2.05) is 38.1 Å². The summed E-state index contributed by atoms with van der Waals surface area (Å²) < 4.78 is 28.3. The Kier molecular flexibility index (Phi) is 7.75. The van der Waals surface area contributed by atoms with E-state index >= 15 is 0 Å². The van der Waals surface area contributed by atoms with Gasteiger partial charge in [-0.15, -0.1) is 0 Å². The van der Waals surface area contributed by atoms with Gasteiger partial charge in [0, 0.05) is 6.54 Å². The quantitative estimate of drug-likeness (QED) is 0.323. The highest BCUT2D eigenvalue weighted by atomic mass is 32.2. The van der Waals surface area contributed by atoms with Crippen molar-refractivity contribution in [1.82, 2.24) is 5.32 Å². The molecule has 0 radical (unpaired) electrons. The molecule has 6 heteroatoms. The van der Waals surface area contributed by atoms with Crippen LogP contribution in [0.5, 0.6) is 0 Å². The van der Waals surface area contributed by atoms with E-state index in [2.05, 4.69) is 42.6 Å². The first kappa shape index (κ1) is 25.5. The Bertz CT molecular complexity index is 1460. The third kappa shape index (κ3) is 5.77. The number of benzene rings is 4. The molecular formula is C30H32N2O3S. The minimum atomic E-state index is -3.92. The molecule has 0 saturated heterocycles. The van der Waals surface area contributed by atoms with Gasteiger partial charge in [0.15, 0.2) is 0 Å². The number of carbonyl (C=O) groups excluding carboxylic acids is 1. The van der Waals surface area contributed by atoms with Gasteiger partial charge < -0.3 is 5.32 Å². The fraction of sp³-hybridized carbons (Fsp3) is 0.233. The van der Waals surface area contributed by atoms with Gasteiger partial charge in [-0.25, -0.2) is 8.42 Å². The van der Waals surface area contributed by atoms with Gasteiger partial charge in [0.25, 0.3) is 10.0 Å². The van der Waals surface area contributed by atoms with Crippen LogP contribution in [-0.4, -0.2) is 27.4 Å². The SMILES string of the molecule is Cc1ccc(N(CC(=O)NCC(C)Cc2cccc3ccccc23)S(=O)(=O)c2ccccc2)c(C)c1. The van der Waals surface area contributed by atoms with Gasteiger partial charge in [0.2, 0.25) is 5.91 Å². The largest absolute Gasteiger partial charge is 0.354 e. The Labute approximate surface area is 213 Å². The Hall–Kier alpha value is -3.64. The molecule has 0 aromatic heterocycles.